The largest absolute Gasteiger partial charge is 0.359 e. The van der Waals surface area contributed by atoms with Gasteiger partial charge in [-0.1, -0.05) is 35.9 Å². The average Bonchev–Trinajstić information content (AvgIpc) is 2.63. The zero-order valence-electron chi connectivity index (χ0n) is 13.7. The molecule has 1 aromatic rings. The number of ether oxygens (including phenoxy) is 2. The Balaban J connectivity index is 1.70. The SMILES string of the molecule is COCO[C@@H]1CCC2=CCC3=C(C(=O)c4ccccc4C3=O)[C@H]2C1. The molecule has 4 rings (SSSR count). The van der Waals surface area contributed by atoms with Crippen LogP contribution in [0.15, 0.2) is 47.1 Å². The summed E-state index contributed by atoms with van der Waals surface area (Å²) in [5, 5.41) is 0. The molecule has 0 saturated heterocycles. The molecule has 0 amide bonds. The van der Waals surface area contributed by atoms with Gasteiger partial charge in [0.2, 0.25) is 0 Å². The van der Waals surface area contributed by atoms with Crippen molar-refractivity contribution in [1.29, 1.82) is 0 Å². The summed E-state index contributed by atoms with van der Waals surface area (Å²) in [5.74, 6) is 0.0350. The van der Waals surface area contributed by atoms with Gasteiger partial charge in [0.15, 0.2) is 11.6 Å². The van der Waals surface area contributed by atoms with Crippen molar-refractivity contribution >= 4 is 11.6 Å². The fourth-order valence-electron chi connectivity index (χ4n) is 4.15. The number of methoxy groups -OCH3 is 1. The van der Waals surface area contributed by atoms with Gasteiger partial charge in [-0.2, -0.15) is 0 Å². The van der Waals surface area contributed by atoms with Gasteiger partial charge in [-0.15, -0.1) is 0 Å². The van der Waals surface area contributed by atoms with Crippen molar-refractivity contribution in [2.45, 2.75) is 31.8 Å². The van der Waals surface area contributed by atoms with E-state index in [-0.39, 0.29) is 30.4 Å². The van der Waals surface area contributed by atoms with Crippen molar-refractivity contribution in [2.75, 3.05) is 13.9 Å². The van der Waals surface area contributed by atoms with Crippen LogP contribution in [0.25, 0.3) is 0 Å². The molecule has 2 atom stereocenters. The summed E-state index contributed by atoms with van der Waals surface area (Å²) < 4.78 is 10.7. The highest BCUT2D eigenvalue weighted by Crippen LogP contribution is 2.45. The zero-order chi connectivity index (χ0) is 16.7. The number of hydrogen-bond acceptors (Lipinski definition) is 4. The Morgan fingerprint density at radius 1 is 1.12 bits per heavy atom. The Morgan fingerprint density at radius 3 is 2.62 bits per heavy atom. The van der Waals surface area contributed by atoms with Crippen LogP contribution in [0, 0.1) is 5.92 Å². The van der Waals surface area contributed by atoms with Gasteiger partial charge in [0.1, 0.15) is 6.79 Å². The molecule has 0 N–H and O–H groups in total. The Hall–Kier alpha value is -2.04. The van der Waals surface area contributed by atoms with E-state index < -0.39 is 0 Å². The minimum absolute atomic E-state index is 0.00848. The summed E-state index contributed by atoms with van der Waals surface area (Å²) >= 11 is 0. The van der Waals surface area contributed by atoms with E-state index >= 15 is 0 Å². The van der Waals surface area contributed by atoms with Crippen molar-refractivity contribution in [3.63, 3.8) is 0 Å². The van der Waals surface area contributed by atoms with Crippen LogP contribution in [0.5, 0.6) is 0 Å². The van der Waals surface area contributed by atoms with Crippen molar-refractivity contribution < 1.29 is 19.1 Å². The number of hydrogen-bond donors (Lipinski definition) is 0. The minimum Gasteiger partial charge on any atom is -0.359 e. The van der Waals surface area contributed by atoms with E-state index in [4.69, 9.17) is 9.47 Å². The smallest absolute Gasteiger partial charge is 0.190 e. The molecular weight excluding hydrogens is 304 g/mol. The maximum absolute atomic E-state index is 13.1. The van der Waals surface area contributed by atoms with Gasteiger partial charge in [0.05, 0.1) is 6.10 Å². The molecule has 1 saturated carbocycles. The number of benzene rings is 1. The topological polar surface area (TPSA) is 52.6 Å². The van der Waals surface area contributed by atoms with Crippen LogP contribution < -0.4 is 0 Å². The first-order valence-electron chi connectivity index (χ1n) is 8.41. The predicted octanol–water partition coefficient (Wildman–Crippen LogP) is 3.48. The number of allylic oxidation sites excluding steroid dienone is 4. The maximum Gasteiger partial charge on any atom is 0.190 e. The maximum atomic E-state index is 13.1. The molecule has 24 heavy (non-hydrogen) atoms. The lowest BCUT2D eigenvalue weighted by Gasteiger charge is -2.37. The molecule has 3 aliphatic carbocycles. The van der Waals surface area contributed by atoms with Gasteiger partial charge < -0.3 is 9.47 Å². The number of Topliss-reactive ketones (excluding diaryl/α,β-unsaturated/α-hetero) is 2. The highest BCUT2D eigenvalue weighted by Gasteiger charge is 2.41. The highest BCUT2D eigenvalue weighted by atomic mass is 16.7. The molecule has 4 heteroatoms. The minimum atomic E-state index is 0.00848. The van der Waals surface area contributed by atoms with Gasteiger partial charge >= 0.3 is 0 Å². The van der Waals surface area contributed by atoms with E-state index in [0.717, 1.165) is 19.3 Å². The van der Waals surface area contributed by atoms with Crippen LogP contribution in [-0.4, -0.2) is 31.6 Å². The molecule has 0 bridgehead atoms. The van der Waals surface area contributed by atoms with Crippen LogP contribution in [0.2, 0.25) is 0 Å². The summed E-state index contributed by atoms with van der Waals surface area (Å²) in [6.07, 6.45) is 5.39. The highest BCUT2D eigenvalue weighted by molar-refractivity contribution is 6.27. The summed E-state index contributed by atoms with van der Waals surface area (Å²) in [7, 11) is 1.61. The summed E-state index contributed by atoms with van der Waals surface area (Å²) in [4.78, 5) is 25.9. The number of ketones is 2. The van der Waals surface area contributed by atoms with E-state index in [2.05, 4.69) is 6.08 Å². The summed E-state index contributed by atoms with van der Waals surface area (Å²) in [6.45, 7) is 0.262. The Bertz CT molecular complexity index is 772. The lowest BCUT2D eigenvalue weighted by atomic mass is 9.67. The monoisotopic (exact) mass is 324 g/mol. The molecule has 0 aliphatic heterocycles. The first-order chi connectivity index (χ1) is 11.7. The lowest BCUT2D eigenvalue weighted by molar-refractivity contribution is -0.0823. The molecule has 0 radical (unpaired) electrons. The van der Waals surface area contributed by atoms with E-state index in [0.29, 0.717) is 28.7 Å². The molecule has 1 aromatic carbocycles. The van der Waals surface area contributed by atoms with Crippen LogP contribution in [-0.2, 0) is 9.47 Å². The third-order valence-electron chi connectivity index (χ3n) is 5.30. The second-order valence-electron chi connectivity index (χ2n) is 6.60. The Morgan fingerprint density at radius 2 is 1.88 bits per heavy atom. The standard InChI is InChI=1S/C20H20O4/c1-23-11-24-13-8-6-12-7-9-16-18(17(12)10-13)20(22)15-5-3-2-4-14(15)19(16)21/h2-5,7,13,17H,6,8-11H2,1H3/t13-,17+/m1/s1. The average molecular weight is 324 g/mol. The third kappa shape index (κ3) is 2.38. The van der Waals surface area contributed by atoms with E-state index in [1.165, 1.54) is 5.57 Å². The van der Waals surface area contributed by atoms with Gasteiger partial charge in [-0.05, 0) is 25.7 Å². The second kappa shape index (κ2) is 6.11. The van der Waals surface area contributed by atoms with E-state index in [1.807, 2.05) is 12.1 Å². The van der Waals surface area contributed by atoms with Gasteiger partial charge in [0, 0.05) is 35.3 Å². The number of fused-ring (bicyclic) bond motifs is 3. The van der Waals surface area contributed by atoms with Crippen LogP contribution in [0.3, 0.4) is 0 Å². The van der Waals surface area contributed by atoms with Crippen molar-refractivity contribution in [3.05, 3.63) is 58.2 Å². The molecule has 3 aliphatic rings. The summed E-state index contributed by atoms with van der Waals surface area (Å²) in [6, 6.07) is 7.15. The van der Waals surface area contributed by atoms with Crippen LogP contribution >= 0.6 is 0 Å². The first kappa shape index (κ1) is 15.5. The quantitative estimate of drug-likeness (QED) is 0.631. The molecular formula is C20H20O4. The normalized spacial score (nSPS) is 25.8. The third-order valence-corrected chi connectivity index (χ3v) is 5.30. The summed E-state index contributed by atoms with van der Waals surface area (Å²) in [5.41, 5.74) is 3.76. The second-order valence-corrected chi connectivity index (χ2v) is 6.60. The first-order valence-corrected chi connectivity index (χ1v) is 8.41. The van der Waals surface area contributed by atoms with Gasteiger partial charge in [0.25, 0.3) is 0 Å². The number of carbonyl (C=O) groups is 2. The molecule has 4 nitrogen and oxygen atoms in total. The van der Waals surface area contributed by atoms with Crippen molar-refractivity contribution in [1.82, 2.24) is 0 Å². The molecule has 0 aromatic heterocycles. The molecule has 124 valence electrons. The fraction of sp³-hybridized carbons (Fsp3) is 0.400. The Kier molecular flexibility index (Phi) is 3.94. The number of carbonyl (C=O) groups excluding carboxylic acids is 2. The van der Waals surface area contributed by atoms with Crippen molar-refractivity contribution in [3.8, 4) is 0 Å². The van der Waals surface area contributed by atoms with Gasteiger partial charge in [-0.3, -0.25) is 9.59 Å². The Labute approximate surface area is 141 Å². The van der Waals surface area contributed by atoms with E-state index in [1.54, 1.807) is 19.2 Å². The van der Waals surface area contributed by atoms with Gasteiger partial charge in [-0.25, -0.2) is 0 Å². The van der Waals surface area contributed by atoms with Crippen LogP contribution in [0.1, 0.15) is 46.4 Å². The molecule has 1 fully saturated rings. The van der Waals surface area contributed by atoms with Crippen molar-refractivity contribution in [2.24, 2.45) is 5.92 Å². The molecule has 0 unspecified atom stereocenters. The molecule has 0 spiro atoms. The predicted molar refractivity (Wildman–Crippen MR) is 88.9 cm³/mol. The fourth-order valence-corrected chi connectivity index (χ4v) is 4.15. The molecule has 0 heterocycles. The van der Waals surface area contributed by atoms with E-state index in [9.17, 15) is 9.59 Å². The zero-order valence-corrected chi connectivity index (χ0v) is 13.7. The number of rotatable bonds is 3. The lowest BCUT2D eigenvalue weighted by Crippen LogP contribution is -2.34. The van der Waals surface area contributed by atoms with Crippen LogP contribution in [0.4, 0.5) is 0 Å².